The number of benzene rings is 2. The summed E-state index contributed by atoms with van der Waals surface area (Å²) in [6.45, 7) is 1.77. The molecule has 4 aromatic rings. The number of para-hydroxylation sites is 3. The molecule has 0 fully saturated rings. The summed E-state index contributed by atoms with van der Waals surface area (Å²) in [7, 11) is 1.86. The highest BCUT2D eigenvalue weighted by atomic mass is 16.1. The fourth-order valence-corrected chi connectivity index (χ4v) is 3.17. The van der Waals surface area contributed by atoms with E-state index in [0.717, 1.165) is 5.69 Å². The first-order chi connectivity index (χ1) is 13.1. The zero-order valence-corrected chi connectivity index (χ0v) is 15.0. The molecule has 0 radical (unpaired) electrons. The Morgan fingerprint density at radius 3 is 2.59 bits per heavy atom. The van der Waals surface area contributed by atoms with Gasteiger partial charge in [-0.05, 0) is 36.8 Å². The lowest BCUT2D eigenvalue weighted by Gasteiger charge is -2.18. The van der Waals surface area contributed by atoms with E-state index in [0.29, 0.717) is 33.0 Å². The summed E-state index contributed by atoms with van der Waals surface area (Å²) in [5, 5.41) is 11.9. The number of pyridine rings is 1. The van der Waals surface area contributed by atoms with E-state index in [2.05, 4.69) is 16.5 Å². The number of nitrogens with zero attached hydrogens (tertiary/aromatic N) is 4. The summed E-state index contributed by atoms with van der Waals surface area (Å²) in [4.78, 5) is 17.7. The van der Waals surface area contributed by atoms with Crippen LogP contribution in [0.3, 0.4) is 0 Å². The summed E-state index contributed by atoms with van der Waals surface area (Å²) in [5.74, 6) is 0. The van der Waals surface area contributed by atoms with Crippen molar-refractivity contribution in [1.82, 2.24) is 14.8 Å². The van der Waals surface area contributed by atoms with Crippen LogP contribution in [-0.2, 0) is 0 Å². The molecule has 0 atom stereocenters. The van der Waals surface area contributed by atoms with E-state index >= 15 is 0 Å². The third kappa shape index (κ3) is 2.66. The lowest BCUT2D eigenvalue weighted by atomic mass is 10.1. The van der Waals surface area contributed by atoms with Crippen LogP contribution < -0.4 is 21.2 Å². The fraction of sp³-hybridized carbons (Fsp3) is 0.0952. The van der Waals surface area contributed by atoms with Gasteiger partial charge in [0.05, 0.1) is 27.5 Å². The van der Waals surface area contributed by atoms with Gasteiger partial charge < -0.3 is 5.43 Å². The number of anilines is 1. The molecule has 1 N–H and O–H groups in total. The molecule has 0 aliphatic heterocycles. The largest absolute Gasteiger partial charge is 0.305 e. The van der Waals surface area contributed by atoms with E-state index in [-0.39, 0.29) is 5.56 Å². The highest BCUT2D eigenvalue weighted by molar-refractivity contribution is 5.82. The Morgan fingerprint density at radius 1 is 1.15 bits per heavy atom. The van der Waals surface area contributed by atoms with Gasteiger partial charge in [-0.25, -0.2) is 4.98 Å². The number of aromatic nitrogens is 2. The number of hydrazine groups is 1. The van der Waals surface area contributed by atoms with Crippen molar-refractivity contribution >= 4 is 28.6 Å². The molecule has 0 aliphatic rings. The summed E-state index contributed by atoms with van der Waals surface area (Å²) >= 11 is 0. The van der Waals surface area contributed by atoms with Gasteiger partial charge in [-0.15, -0.1) is 0 Å². The highest BCUT2D eigenvalue weighted by Crippen LogP contribution is 2.17. The van der Waals surface area contributed by atoms with Crippen molar-refractivity contribution in [2.24, 2.45) is 0 Å². The van der Waals surface area contributed by atoms with Crippen LogP contribution in [0.2, 0.25) is 0 Å². The van der Waals surface area contributed by atoms with Gasteiger partial charge in [0.15, 0.2) is 5.65 Å². The first-order valence-electron chi connectivity index (χ1n) is 8.51. The van der Waals surface area contributed by atoms with E-state index in [1.54, 1.807) is 18.1 Å². The molecule has 0 bridgehead atoms. The van der Waals surface area contributed by atoms with E-state index in [4.69, 9.17) is 0 Å². The molecule has 0 saturated heterocycles. The highest BCUT2D eigenvalue weighted by Gasteiger charge is 2.15. The topological polar surface area (TPSA) is 73.4 Å². The number of imidazole rings is 1. The minimum atomic E-state index is -0.204. The minimum absolute atomic E-state index is 0.204. The maximum Gasteiger partial charge on any atom is 0.265 e. The molecule has 0 spiro atoms. The lowest BCUT2D eigenvalue weighted by Crippen LogP contribution is -2.39. The Hall–Kier alpha value is -3.85. The first kappa shape index (κ1) is 16.6. The Morgan fingerprint density at radius 2 is 1.85 bits per heavy atom. The molecule has 0 saturated carbocycles. The van der Waals surface area contributed by atoms with Crippen LogP contribution in [0.15, 0.2) is 59.4 Å². The molecule has 0 aliphatic carbocycles. The molecule has 6 heteroatoms. The Bertz CT molecular complexity index is 1300. The molecule has 0 amide bonds. The second-order valence-corrected chi connectivity index (χ2v) is 6.26. The molecule has 6 nitrogen and oxygen atoms in total. The predicted octanol–water partition coefficient (Wildman–Crippen LogP) is 2.13. The third-order valence-corrected chi connectivity index (χ3v) is 4.65. The first-order valence-corrected chi connectivity index (χ1v) is 8.51. The number of hydrogen-bond acceptors (Lipinski definition) is 5. The van der Waals surface area contributed by atoms with Gasteiger partial charge in [0, 0.05) is 13.2 Å². The molecule has 4 rings (SSSR count). The summed E-state index contributed by atoms with van der Waals surface area (Å²) < 4.78 is 1.51. The van der Waals surface area contributed by atoms with Gasteiger partial charge in [-0.3, -0.25) is 14.2 Å². The van der Waals surface area contributed by atoms with Gasteiger partial charge in [-0.1, -0.05) is 30.3 Å². The van der Waals surface area contributed by atoms with Crippen molar-refractivity contribution in [3.05, 3.63) is 81.3 Å². The zero-order chi connectivity index (χ0) is 19.0. The monoisotopic (exact) mass is 355 g/mol. The summed E-state index contributed by atoms with van der Waals surface area (Å²) in [5.41, 5.74) is 6.66. The standard InChI is InChI=1S/C21H17N5O/c1-14-16(12-22)20-24-18-10-6-7-11-19(18)26(20)21(27)17(14)13-23-25(2)15-8-4-3-5-9-15/h3-11,13,23H,1-2H3/b17-13+. The van der Waals surface area contributed by atoms with Crippen LogP contribution in [0.25, 0.3) is 22.9 Å². The number of nitrogens with one attached hydrogen (secondary N) is 1. The van der Waals surface area contributed by atoms with Gasteiger partial charge in [-0.2, -0.15) is 5.26 Å². The molecule has 0 unspecified atom stereocenters. The molecule has 27 heavy (non-hydrogen) atoms. The average molecular weight is 355 g/mol. The average Bonchev–Trinajstić information content (AvgIpc) is 3.08. The van der Waals surface area contributed by atoms with Crippen molar-refractivity contribution in [2.75, 3.05) is 12.1 Å². The number of nitriles is 1. The van der Waals surface area contributed by atoms with Crippen LogP contribution >= 0.6 is 0 Å². The maximum atomic E-state index is 13.2. The fourth-order valence-electron chi connectivity index (χ4n) is 3.17. The van der Waals surface area contributed by atoms with Crippen molar-refractivity contribution in [3.8, 4) is 6.07 Å². The molecule has 2 heterocycles. The maximum absolute atomic E-state index is 13.2. The van der Waals surface area contributed by atoms with Crippen LogP contribution in [-0.4, -0.2) is 16.4 Å². The lowest BCUT2D eigenvalue weighted by molar-refractivity contribution is 0.872. The molecule has 2 aromatic carbocycles. The van der Waals surface area contributed by atoms with Gasteiger partial charge in [0.2, 0.25) is 0 Å². The van der Waals surface area contributed by atoms with Crippen LogP contribution in [0.4, 0.5) is 5.69 Å². The number of fused-ring (bicyclic) bond motifs is 3. The predicted molar refractivity (Wildman–Crippen MR) is 106 cm³/mol. The Balaban J connectivity index is 1.94. The summed E-state index contributed by atoms with van der Waals surface area (Å²) in [6.07, 6.45) is 1.64. The smallest absolute Gasteiger partial charge is 0.265 e. The minimum Gasteiger partial charge on any atom is -0.305 e. The van der Waals surface area contributed by atoms with Gasteiger partial charge in [0.25, 0.3) is 5.56 Å². The van der Waals surface area contributed by atoms with Crippen LogP contribution in [0, 0.1) is 18.3 Å². The SMILES string of the molecule is Cc1c(C#N)c2nc3ccccc3n2c(=O)/c1=C/NN(C)c1ccccc1. The Labute approximate surface area is 155 Å². The molecule has 2 aromatic heterocycles. The summed E-state index contributed by atoms with van der Waals surface area (Å²) in [6, 6.07) is 19.3. The third-order valence-electron chi connectivity index (χ3n) is 4.65. The Kier molecular flexibility index (Phi) is 3.98. The van der Waals surface area contributed by atoms with Crippen LogP contribution in [0.5, 0.6) is 0 Å². The molecular formula is C21H17N5O. The van der Waals surface area contributed by atoms with E-state index in [1.165, 1.54) is 4.40 Å². The van der Waals surface area contributed by atoms with Gasteiger partial charge >= 0.3 is 0 Å². The van der Waals surface area contributed by atoms with Gasteiger partial charge in [0.1, 0.15) is 6.07 Å². The quantitative estimate of drug-likeness (QED) is 0.570. The van der Waals surface area contributed by atoms with Crippen LogP contribution in [0.1, 0.15) is 11.1 Å². The number of hydrogen-bond donors (Lipinski definition) is 1. The van der Waals surface area contributed by atoms with E-state index in [1.807, 2.05) is 61.6 Å². The van der Waals surface area contributed by atoms with Crippen molar-refractivity contribution in [3.63, 3.8) is 0 Å². The van der Waals surface area contributed by atoms with Crippen molar-refractivity contribution in [1.29, 1.82) is 5.26 Å². The zero-order valence-electron chi connectivity index (χ0n) is 15.0. The van der Waals surface area contributed by atoms with E-state index < -0.39 is 0 Å². The second kappa shape index (κ2) is 6.46. The van der Waals surface area contributed by atoms with Crippen molar-refractivity contribution < 1.29 is 0 Å². The normalized spacial score (nSPS) is 11.7. The molecular weight excluding hydrogens is 338 g/mol. The number of rotatable bonds is 3. The van der Waals surface area contributed by atoms with E-state index in [9.17, 15) is 10.1 Å². The van der Waals surface area contributed by atoms with Crippen molar-refractivity contribution in [2.45, 2.75) is 6.92 Å². The molecule has 132 valence electrons. The second-order valence-electron chi connectivity index (χ2n) is 6.26.